The number of likely N-dealkylation sites (tertiary alicyclic amines) is 1. The second-order valence-electron chi connectivity index (χ2n) is 5.79. The molecular formula is C14H27N3O. The highest BCUT2D eigenvalue weighted by molar-refractivity contribution is 5.79. The van der Waals surface area contributed by atoms with E-state index in [2.05, 4.69) is 17.1 Å². The van der Waals surface area contributed by atoms with Crippen molar-refractivity contribution in [2.75, 3.05) is 19.6 Å². The Balaban J connectivity index is 1.74. The molecule has 1 saturated heterocycles. The zero-order chi connectivity index (χ0) is 13.0. The Labute approximate surface area is 110 Å². The van der Waals surface area contributed by atoms with Crippen LogP contribution in [-0.4, -0.2) is 42.5 Å². The zero-order valence-electron chi connectivity index (χ0n) is 11.5. The summed E-state index contributed by atoms with van der Waals surface area (Å²) >= 11 is 0. The van der Waals surface area contributed by atoms with Gasteiger partial charge in [-0.1, -0.05) is 13.3 Å². The van der Waals surface area contributed by atoms with Gasteiger partial charge in [0.05, 0.1) is 0 Å². The van der Waals surface area contributed by atoms with Gasteiger partial charge in [0.2, 0.25) is 5.91 Å². The Morgan fingerprint density at radius 2 is 2.17 bits per heavy atom. The van der Waals surface area contributed by atoms with Crippen molar-refractivity contribution in [3.8, 4) is 0 Å². The molecular weight excluding hydrogens is 226 g/mol. The molecule has 1 saturated carbocycles. The number of nitrogens with one attached hydrogen (secondary N) is 1. The molecule has 1 heterocycles. The summed E-state index contributed by atoms with van der Waals surface area (Å²) in [5.74, 6) is 0.392. The number of amides is 1. The third-order valence-electron chi connectivity index (χ3n) is 4.51. The third-order valence-corrected chi connectivity index (χ3v) is 4.51. The van der Waals surface area contributed by atoms with Crippen LogP contribution in [0.3, 0.4) is 0 Å². The molecule has 4 heteroatoms. The maximum absolute atomic E-state index is 12.0. The van der Waals surface area contributed by atoms with Crippen LogP contribution in [-0.2, 0) is 4.79 Å². The maximum Gasteiger partial charge on any atom is 0.223 e. The highest BCUT2D eigenvalue weighted by Gasteiger charge is 2.28. The van der Waals surface area contributed by atoms with Crippen LogP contribution in [0.5, 0.6) is 0 Å². The molecule has 2 rings (SSSR count). The first-order chi connectivity index (χ1) is 8.70. The predicted molar refractivity (Wildman–Crippen MR) is 73.2 cm³/mol. The number of carbonyl (C=O) groups is 1. The van der Waals surface area contributed by atoms with Gasteiger partial charge in [0.1, 0.15) is 0 Å². The van der Waals surface area contributed by atoms with Gasteiger partial charge >= 0.3 is 0 Å². The first-order valence-corrected chi connectivity index (χ1v) is 7.48. The van der Waals surface area contributed by atoms with Crippen LogP contribution >= 0.6 is 0 Å². The summed E-state index contributed by atoms with van der Waals surface area (Å²) in [5, 5.41) is 3.14. The number of piperidine rings is 1. The van der Waals surface area contributed by atoms with Crippen molar-refractivity contribution in [1.29, 1.82) is 0 Å². The second kappa shape index (κ2) is 6.53. The second-order valence-corrected chi connectivity index (χ2v) is 5.79. The monoisotopic (exact) mass is 253 g/mol. The van der Waals surface area contributed by atoms with Gasteiger partial charge in [0.15, 0.2) is 0 Å². The molecule has 0 aromatic carbocycles. The van der Waals surface area contributed by atoms with E-state index in [0.717, 1.165) is 32.4 Å². The minimum atomic E-state index is 0.165. The molecule has 18 heavy (non-hydrogen) atoms. The fraction of sp³-hybridized carbons (Fsp3) is 0.929. The number of nitrogens with zero attached hydrogens (tertiary/aromatic N) is 1. The largest absolute Gasteiger partial charge is 0.354 e. The van der Waals surface area contributed by atoms with Crippen LogP contribution < -0.4 is 11.1 Å². The molecule has 2 fully saturated rings. The summed E-state index contributed by atoms with van der Waals surface area (Å²) in [7, 11) is 0. The van der Waals surface area contributed by atoms with Crippen LogP contribution in [0.15, 0.2) is 0 Å². The first-order valence-electron chi connectivity index (χ1n) is 7.48. The minimum absolute atomic E-state index is 0.165. The topological polar surface area (TPSA) is 58.4 Å². The number of likely N-dealkylation sites (N-methyl/N-ethyl adjacent to an activating group) is 1. The lowest BCUT2D eigenvalue weighted by atomic mass is 10.0. The molecule has 2 aliphatic rings. The smallest absolute Gasteiger partial charge is 0.223 e. The van der Waals surface area contributed by atoms with Crippen molar-refractivity contribution >= 4 is 5.91 Å². The van der Waals surface area contributed by atoms with Crippen LogP contribution in [0.4, 0.5) is 0 Å². The van der Waals surface area contributed by atoms with Gasteiger partial charge < -0.3 is 11.1 Å². The normalized spacial score (nSPS) is 33.6. The predicted octanol–water partition coefficient (Wildman–Crippen LogP) is 1.10. The van der Waals surface area contributed by atoms with Gasteiger partial charge in [0, 0.05) is 24.5 Å². The van der Waals surface area contributed by atoms with Gasteiger partial charge in [-0.25, -0.2) is 0 Å². The van der Waals surface area contributed by atoms with E-state index >= 15 is 0 Å². The molecule has 1 amide bonds. The molecule has 0 aromatic rings. The minimum Gasteiger partial charge on any atom is -0.354 e. The molecule has 3 N–H and O–H groups in total. The van der Waals surface area contributed by atoms with Gasteiger partial charge in [-0.3, -0.25) is 9.69 Å². The molecule has 4 nitrogen and oxygen atoms in total. The number of hydrogen-bond donors (Lipinski definition) is 2. The van der Waals surface area contributed by atoms with E-state index in [-0.39, 0.29) is 17.9 Å². The molecule has 104 valence electrons. The Morgan fingerprint density at radius 1 is 1.33 bits per heavy atom. The van der Waals surface area contributed by atoms with Gasteiger partial charge in [-0.2, -0.15) is 0 Å². The molecule has 3 atom stereocenters. The quantitative estimate of drug-likeness (QED) is 0.789. The summed E-state index contributed by atoms with van der Waals surface area (Å²) in [6.07, 6.45) is 6.66. The number of carbonyl (C=O) groups excluding carboxylic acids is 1. The molecule has 1 aliphatic heterocycles. The number of nitrogens with two attached hydrogens (primary N) is 1. The van der Waals surface area contributed by atoms with E-state index in [0.29, 0.717) is 6.04 Å². The molecule has 0 radical (unpaired) electrons. The lowest BCUT2D eigenvalue weighted by Gasteiger charge is -2.35. The Hall–Kier alpha value is -0.610. The Morgan fingerprint density at radius 3 is 2.83 bits per heavy atom. The molecule has 0 bridgehead atoms. The lowest BCUT2D eigenvalue weighted by Crippen LogP contribution is -2.47. The summed E-state index contributed by atoms with van der Waals surface area (Å²) in [5.41, 5.74) is 5.86. The molecule has 0 spiro atoms. The van der Waals surface area contributed by atoms with Crippen molar-refractivity contribution in [3.63, 3.8) is 0 Å². The van der Waals surface area contributed by atoms with Crippen molar-refractivity contribution < 1.29 is 4.79 Å². The van der Waals surface area contributed by atoms with Crippen LogP contribution in [0.2, 0.25) is 0 Å². The SMILES string of the molecule is CCN1CCCCC1CNC(=O)C1CCC(N)C1. The zero-order valence-corrected chi connectivity index (χ0v) is 11.5. The van der Waals surface area contributed by atoms with Crippen LogP contribution in [0.1, 0.15) is 45.4 Å². The fourth-order valence-corrected chi connectivity index (χ4v) is 3.32. The highest BCUT2D eigenvalue weighted by atomic mass is 16.1. The Bertz CT molecular complexity index is 282. The summed E-state index contributed by atoms with van der Waals surface area (Å²) in [4.78, 5) is 14.5. The average molecular weight is 253 g/mol. The molecule has 1 aliphatic carbocycles. The van der Waals surface area contributed by atoms with Crippen LogP contribution in [0.25, 0.3) is 0 Å². The van der Waals surface area contributed by atoms with Crippen molar-refractivity contribution in [3.05, 3.63) is 0 Å². The lowest BCUT2D eigenvalue weighted by molar-refractivity contribution is -0.125. The summed E-state index contributed by atoms with van der Waals surface area (Å²) in [6, 6.07) is 0.783. The van der Waals surface area contributed by atoms with E-state index in [1.165, 1.54) is 25.8 Å². The maximum atomic E-state index is 12.0. The highest BCUT2D eigenvalue weighted by Crippen LogP contribution is 2.24. The van der Waals surface area contributed by atoms with E-state index < -0.39 is 0 Å². The average Bonchev–Trinajstić information content (AvgIpc) is 2.83. The van der Waals surface area contributed by atoms with E-state index in [1.807, 2.05) is 0 Å². The van der Waals surface area contributed by atoms with Crippen LogP contribution in [0, 0.1) is 5.92 Å². The van der Waals surface area contributed by atoms with Gasteiger partial charge in [0.25, 0.3) is 0 Å². The van der Waals surface area contributed by atoms with E-state index in [9.17, 15) is 4.79 Å². The first kappa shape index (κ1) is 13.8. The Kier molecular flexibility index (Phi) is 5.01. The van der Waals surface area contributed by atoms with E-state index in [4.69, 9.17) is 5.73 Å². The van der Waals surface area contributed by atoms with Gasteiger partial charge in [-0.15, -0.1) is 0 Å². The van der Waals surface area contributed by atoms with Crippen molar-refractivity contribution in [2.24, 2.45) is 11.7 Å². The third kappa shape index (κ3) is 3.45. The summed E-state index contributed by atoms with van der Waals surface area (Å²) in [6.45, 7) is 5.30. The standard InChI is InChI=1S/C14H27N3O/c1-2-17-8-4-3-5-13(17)10-16-14(18)11-6-7-12(15)9-11/h11-13H,2-10,15H2,1H3,(H,16,18). The van der Waals surface area contributed by atoms with Crippen molar-refractivity contribution in [1.82, 2.24) is 10.2 Å². The van der Waals surface area contributed by atoms with Crippen molar-refractivity contribution in [2.45, 2.75) is 57.5 Å². The summed E-state index contributed by atoms with van der Waals surface area (Å²) < 4.78 is 0. The number of hydrogen-bond acceptors (Lipinski definition) is 3. The fourth-order valence-electron chi connectivity index (χ4n) is 3.32. The molecule has 3 unspecified atom stereocenters. The van der Waals surface area contributed by atoms with E-state index in [1.54, 1.807) is 0 Å². The molecule has 0 aromatic heterocycles. The van der Waals surface area contributed by atoms with Gasteiger partial charge in [-0.05, 0) is 45.2 Å². The number of rotatable bonds is 4.